The van der Waals surface area contributed by atoms with Gasteiger partial charge in [0.05, 0.1) is 23.5 Å². The molecule has 0 saturated carbocycles. The van der Waals surface area contributed by atoms with Crippen molar-refractivity contribution in [3.8, 4) is 0 Å². The molecule has 0 bridgehead atoms. The van der Waals surface area contributed by atoms with E-state index in [0.717, 1.165) is 29.3 Å². The summed E-state index contributed by atoms with van der Waals surface area (Å²) in [5.41, 5.74) is 2.03. The molecule has 0 unspecified atom stereocenters. The monoisotopic (exact) mass is 281 g/mol. The number of aryl methyl sites for hydroxylation is 2. The van der Waals surface area contributed by atoms with Gasteiger partial charge in [0.1, 0.15) is 0 Å². The van der Waals surface area contributed by atoms with Gasteiger partial charge in [-0.05, 0) is 36.1 Å². The second kappa shape index (κ2) is 4.54. The van der Waals surface area contributed by atoms with Gasteiger partial charge in [0, 0.05) is 13.2 Å². The van der Waals surface area contributed by atoms with E-state index in [1.165, 1.54) is 6.07 Å². The van der Waals surface area contributed by atoms with Gasteiger partial charge in [0.2, 0.25) is 0 Å². The number of hydrogen-bond acceptors (Lipinski definition) is 2. The maximum Gasteiger partial charge on any atom is 0.416 e. The predicted octanol–water partition coefficient (Wildman–Crippen LogP) is 3.54. The summed E-state index contributed by atoms with van der Waals surface area (Å²) in [4.78, 5) is 0. The van der Waals surface area contributed by atoms with Gasteiger partial charge < -0.3 is 5.32 Å². The lowest BCUT2D eigenvalue weighted by atomic mass is 10.0. The standard InChI is InChI=1S/C14H14F3N3/c1-20-8-11(7-18-20)19-13-5-2-9-6-10(14(15,16)17)3-4-12(9)13/h3-4,6-8,13,19H,2,5H2,1H3/t13-/m1/s1. The first kappa shape index (κ1) is 13.0. The predicted molar refractivity (Wildman–Crippen MR) is 69.3 cm³/mol. The Kier molecular flexibility index (Phi) is 2.96. The second-order valence-electron chi connectivity index (χ2n) is 5.05. The number of rotatable bonds is 2. The smallest absolute Gasteiger partial charge is 0.376 e. The van der Waals surface area contributed by atoms with Crippen LogP contribution in [0.1, 0.15) is 29.2 Å². The molecule has 3 nitrogen and oxygen atoms in total. The van der Waals surface area contributed by atoms with E-state index in [1.54, 1.807) is 16.9 Å². The number of nitrogens with zero attached hydrogens (tertiary/aromatic N) is 2. The van der Waals surface area contributed by atoms with Crippen LogP contribution in [0, 0.1) is 0 Å². The third-order valence-electron chi connectivity index (χ3n) is 3.59. The Morgan fingerprint density at radius 2 is 2.15 bits per heavy atom. The highest BCUT2D eigenvalue weighted by Gasteiger charge is 2.32. The fourth-order valence-corrected chi connectivity index (χ4v) is 2.64. The summed E-state index contributed by atoms with van der Waals surface area (Å²) in [5.74, 6) is 0. The van der Waals surface area contributed by atoms with Crippen LogP contribution in [-0.2, 0) is 19.6 Å². The van der Waals surface area contributed by atoms with E-state index in [0.29, 0.717) is 6.42 Å². The Balaban J connectivity index is 1.84. The molecule has 0 radical (unpaired) electrons. The highest BCUT2D eigenvalue weighted by molar-refractivity contribution is 5.47. The molecule has 6 heteroatoms. The Labute approximate surface area is 114 Å². The van der Waals surface area contributed by atoms with E-state index in [1.807, 2.05) is 13.2 Å². The van der Waals surface area contributed by atoms with Gasteiger partial charge >= 0.3 is 6.18 Å². The summed E-state index contributed by atoms with van der Waals surface area (Å²) in [6.45, 7) is 0. The fraction of sp³-hybridized carbons (Fsp3) is 0.357. The minimum atomic E-state index is -4.27. The Bertz CT molecular complexity index is 631. The van der Waals surface area contributed by atoms with Crippen molar-refractivity contribution >= 4 is 5.69 Å². The van der Waals surface area contributed by atoms with Crippen LogP contribution in [0.4, 0.5) is 18.9 Å². The Morgan fingerprint density at radius 1 is 1.35 bits per heavy atom. The molecule has 106 valence electrons. The summed E-state index contributed by atoms with van der Waals surface area (Å²) >= 11 is 0. The first-order valence-corrected chi connectivity index (χ1v) is 6.39. The van der Waals surface area contributed by atoms with E-state index in [-0.39, 0.29) is 6.04 Å². The largest absolute Gasteiger partial charge is 0.416 e. The van der Waals surface area contributed by atoms with Crippen molar-refractivity contribution in [2.45, 2.75) is 25.1 Å². The summed E-state index contributed by atoms with van der Waals surface area (Å²) < 4.78 is 39.7. The van der Waals surface area contributed by atoms with Crippen LogP contribution in [0.15, 0.2) is 30.6 Å². The van der Waals surface area contributed by atoms with Crippen molar-refractivity contribution in [3.63, 3.8) is 0 Å². The van der Waals surface area contributed by atoms with Gasteiger partial charge in [-0.2, -0.15) is 18.3 Å². The lowest BCUT2D eigenvalue weighted by Gasteiger charge is -2.15. The van der Waals surface area contributed by atoms with Crippen molar-refractivity contribution in [1.82, 2.24) is 9.78 Å². The number of fused-ring (bicyclic) bond motifs is 1. The minimum Gasteiger partial charge on any atom is -0.376 e. The molecule has 1 aromatic heterocycles. The SMILES string of the molecule is Cn1cc(N[C@@H]2CCc3cc(C(F)(F)F)ccc32)cn1. The van der Waals surface area contributed by atoms with Crippen LogP contribution in [0.3, 0.4) is 0 Å². The van der Waals surface area contributed by atoms with Crippen molar-refractivity contribution in [3.05, 3.63) is 47.3 Å². The molecule has 0 saturated heterocycles. The van der Waals surface area contributed by atoms with Gasteiger partial charge in [-0.1, -0.05) is 6.07 Å². The summed E-state index contributed by atoms with van der Waals surface area (Å²) in [6, 6.07) is 4.05. The summed E-state index contributed by atoms with van der Waals surface area (Å²) in [5, 5.41) is 7.38. The van der Waals surface area contributed by atoms with Crippen molar-refractivity contribution in [2.75, 3.05) is 5.32 Å². The number of alkyl halides is 3. The molecule has 1 aromatic carbocycles. The quantitative estimate of drug-likeness (QED) is 0.912. The van der Waals surface area contributed by atoms with Crippen LogP contribution in [0.2, 0.25) is 0 Å². The van der Waals surface area contributed by atoms with E-state index in [2.05, 4.69) is 10.4 Å². The average molecular weight is 281 g/mol. The van der Waals surface area contributed by atoms with Crippen LogP contribution in [-0.4, -0.2) is 9.78 Å². The van der Waals surface area contributed by atoms with Gasteiger partial charge in [-0.25, -0.2) is 0 Å². The average Bonchev–Trinajstić information content (AvgIpc) is 2.95. The van der Waals surface area contributed by atoms with E-state index < -0.39 is 11.7 Å². The number of aromatic nitrogens is 2. The second-order valence-corrected chi connectivity index (χ2v) is 5.05. The molecular formula is C14H14F3N3. The fourth-order valence-electron chi connectivity index (χ4n) is 2.64. The molecule has 0 spiro atoms. The highest BCUT2D eigenvalue weighted by atomic mass is 19.4. The molecule has 20 heavy (non-hydrogen) atoms. The number of halogens is 3. The van der Waals surface area contributed by atoms with Crippen molar-refractivity contribution < 1.29 is 13.2 Å². The summed E-state index contributed by atoms with van der Waals surface area (Å²) in [7, 11) is 1.82. The third-order valence-corrected chi connectivity index (χ3v) is 3.59. The van der Waals surface area contributed by atoms with Crippen molar-refractivity contribution in [2.24, 2.45) is 7.05 Å². The zero-order valence-electron chi connectivity index (χ0n) is 10.9. The molecule has 1 aliphatic rings. The third kappa shape index (κ3) is 2.37. The van der Waals surface area contributed by atoms with Crippen molar-refractivity contribution in [1.29, 1.82) is 0 Å². The minimum absolute atomic E-state index is 0.0523. The van der Waals surface area contributed by atoms with E-state index in [4.69, 9.17) is 0 Å². The molecule has 1 heterocycles. The maximum atomic E-state index is 12.7. The van der Waals surface area contributed by atoms with E-state index in [9.17, 15) is 13.2 Å². The molecule has 1 aliphatic carbocycles. The number of anilines is 1. The van der Waals surface area contributed by atoms with Crippen LogP contribution in [0.25, 0.3) is 0 Å². The lowest BCUT2D eigenvalue weighted by molar-refractivity contribution is -0.137. The molecule has 3 rings (SSSR count). The molecule has 2 aromatic rings. The van der Waals surface area contributed by atoms with Gasteiger partial charge in [0.25, 0.3) is 0 Å². The summed E-state index contributed by atoms with van der Waals surface area (Å²) in [6.07, 6.45) is 0.747. The number of nitrogens with one attached hydrogen (secondary N) is 1. The van der Waals surface area contributed by atoms with Crippen LogP contribution >= 0.6 is 0 Å². The van der Waals surface area contributed by atoms with Gasteiger partial charge in [-0.3, -0.25) is 4.68 Å². The first-order chi connectivity index (χ1) is 9.43. The van der Waals surface area contributed by atoms with Crippen LogP contribution in [0.5, 0.6) is 0 Å². The molecule has 0 amide bonds. The topological polar surface area (TPSA) is 29.9 Å². The molecule has 0 aliphatic heterocycles. The zero-order chi connectivity index (χ0) is 14.3. The first-order valence-electron chi connectivity index (χ1n) is 6.39. The van der Waals surface area contributed by atoms with Crippen LogP contribution < -0.4 is 5.32 Å². The Morgan fingerprint density at radius 3 is 2.80 bits per heavy atom. The van der Waals surface area contributed by atoms with Gasteiger partial charge in [0.15, 0.2) is 0 Å². The molecule has 1 atom stereocenters. The zero-order valence-corrected chi connectivity index (χ0v) is 10.9. The molecule has 1 N–H and O–H groups in total. The number of benzene rings is 1. The maximum absolute atomic E-state index is 12.7. The normalized spacial score (nSPS) is 18.1. The lowest BCUT2D eigenvalue weighted by Crippen LogP contribution is -2.08. The molecular weight excluding hydrogens is 267 g/mol. The highest BCUT2D eigenvalue weighted by Crippen LogP contribution is 2.38. The molecule has 0 fully saturated rings. The Hall–Kier alpha value is -1.98. The number of hydrogen-bond donors (Lipinski definition) is 1. The van der Waals surface area contributed by atoms with Gasteiger partial charge in [-0.15, -0.1) is 0 Å². The van der Waals surface area contributed by atoms with E-state index >= 15 is 0 Å².